The summed E-state index contributed by atoms with van der Waals surface area (Å²) in [7, 11) is 0. The number of nitrogens with two attached hydrogens (primary N) is 1. The normalized spacial score (nSPS) is 27.1. The van der Waals surface area contributed by atoms with Crippen LogP contribution in [0.25, 0.3) is 0 Å². The van der Waals surface area contributed by atoms with E-state index in [2.05, 4.69) is 16.0 Å². The van der Waals surface area contributed by atoms with Crippen LogP contribution in [0.4, 0.5) is 9.59 Å². The Morgan fingerprint density at radius 3 is 2.32 bits per heavy atom. The molecule has 2 fully saturated rings. The molecule has 6 atom stereocenters. The Morgan fingerprint density at radius 1 is 1.00 bits per heavy atom. The minimum atomic E-state index is -1.95. The molecule has 2 saturated heterocycles. The van der Waals surface area contributed by atoms with E-state index < -0.39 is 60.5 Å². The third-order valence-electron chi connectivity index (χ3n) is 7.74. The second-order valence-corrected chi connectivity index (χ2v) is 11.3. The topological polar surface area (TPSA) is 200 Å². The Labute approximate surface area is 271 Å². The monoisotopic (exact) mass is 653 g/mol. The fourth-order valence-electron chi connectivity index (χ4n) is 5.17. The van der Waals surface area contributed by atoms with Gasteiger partial charge in [0.05, 0.1) is 6.54 Å². The number of alkyl carbamates (subject to hydrolysis) is 1. The van der Waals surface area contributed by atoms with Gasteiger partial charge in [0.15, 0.2) is 12.5 Å². The van der Waals surface area contributed by atoms with Gasteiger partial charge in [0.25, 0.3) is 0 Å². The lowest BCUT2D eigenvalue weighted by molar-refractivity contribution is -0.216. The number of urea groups is 1. The van der Waals surface area contributed by atoms with Crippen LogP contribution < -0.4 is 21.7 Å². The molecule has 6 N–H and O–H groups in total. The molecular formula is C32H39N5O10. The molecule has 5 rings (SSSR count). The van der Waals surface area contributed by atoms with Crippen molar-refractivity contribution >= 4 is 24.0 Å². The maximum absolute atomic E-state index is 13.3. The molecule has 2 aromatic carbocycles. The summed E-state index contributed by atoms with van der Waals surface area (Å²) >= 11 is 0. The van der Waals surface area contributed by atoms with Crippen molar-refractivity contribution in [2.75, 3.05) is 19.7 Å². The van der Waals surface area contributed by atoms with Crippen LogP contribution in [0.15, 0.2) is 72.9 Å². The number of carbonyl (C=O) groups excluding carboxylic acids is 4. The molecule has 0 aliphatic carbocycles. The lowest BCUT2D eigenvalue weighted by atomic mass is 10.1. The van der Waals surface area contributed by atoms with E-state index in [0.717, 1.165) is 28.9 Å². The van der Waals surface area contributed by atoms with Crippen LogP contribution in [0.1, 0.15) is 30.4 Å². The highest BCUT2D eigenvalue weighted by atomic mass is 16.7. The second kappa shape index (κ2) is 15.8. The zero-order valence-electron chi connectivity index (χ0n) is 25.6. The van der Waals surface area contributed by atoms with E-state index in [1.165, 1.54) is 12.3 Å². The number of nitrogens with one attached hydrogen (secondary N) is 3. The third kappa shape index (κ3) is 9.05. The number of nitrogens with zero attached hydrogens (tertiary/aromatic N) is 1. The lowest BCUT2D eigenvalue weighted by Gasteiger charge is -2.37. The summed E-state index contributed by atoms with van der Waals surface area (Å²) in [4.78, 5) is 51.7. The van der Waals surface area contributed by atoms with Gasteiger partial charge in [-0.1, -0.05) is 60.7 Å². The van der Waals surface area contributed by atoms with E-state index in [9.17, 15) is 24.3 Å². The minimum absolute atomic E-state index is 0.0426. The molecule has 0 aromatic heterocycles. The Kier molecular flexibility index (Phi) is 11.4. The first kappa shape index (κ1) is 33.8. The number of hydrogen-bond donors (Lipinski definition) is 5. The number of carbonyl (C=O) groups is 4. The summed E-state index contributed by atoms with van der Waals surface area (Å²) < 4.78 is 28.2. The average molecular weight is 654 g/mol. The number of ether oxygens (including phenoxy) is 5. The summed E-state index contributed by atoms with van der Waals surface area (Å²) in [6.07, 6.45) is -1.17. The molecule has 3 heterocycles. The van der Waals surface area contributed by atoms with Crippen LogP contribution in [0.3, 0.4) is 0 Å². The summed E-state index contributed by atoms with van der Waals surface area (Å²) in [6.45, 7) is -0.0772. The Morgan fingerprint density at radius 2 is 1.68 bits per heavy atom. The maximum atomic E-state index is 13.3. The van der Waals surface area contributed by atoms with Gasteiger partial charge in [-0.15, -0.1) is 0 Å². The van der Waals surface area contributed by atoms with E-state index in [4.69, 9.17) is 29.4 Å². The molecule has 0 saturated carbocycles. The molecule has 2 aromatic rings. The van der Waals surface area contributed by atoms with Crippen LogP contribution in [0, 0.1) is 0 Å². The second-order valence-electron chi connectivity index (χ2n) is 11.3. The van der Waals surface area contributed by atoms with Crippen molar-refractivity contribution in [3.63, 3.8) is 0 Å². The number of rotatable bonds is 12. The van der Waals surface area contributed by atoms with Crippen LogP contribution in [0.2, 0.25) is 0 Å². The van der Waals surface area contributed by atoms with Gasteiger partial charge in [-0.25, -0.2) is 14.4 Å². The van der Waals surface area contributed by atoms with Crippen molar-refractivity contribution in [3.8, 4) is 0 Å². The third-order valence-corrected chi connectivity index (χ3v) is 7.74. The SMILES string of the molecule is NC1(C(=O)OCc2ccccc2)C=CN([C@@H]2O[C@H](CNC(=O)CNC(=O)OCc3ccccc3)[C@@H](O)[C@H]2OC2CCCCO2)C(=O)N1. The van der Waals surface area contributed by atoms with Gasteiger partial charge in [-0.05, 0) is 36.5 Å². The number of esters is 1. The van der Waals surface area contributed by atoms with Crippen molar-refractivity contribution < 1.29 is 48.0 Å². The Bertz CT molecular complexity index is 1410. The van der Waals surface area contributed by atoms with Crippen molar-refractivity contribution in [3.05, 3.63) is 84.1 Å². The molecule has 252 valence electrons. The van der Waals surface area contributed by atoms with Crippen molar-refractivity contribution in [1.82, 2.24) is 20.9 Å². The molecular weight excluding hydrogens is 614 g/mol. The largest absolute Gasteiger partial charge is 0.458 e. The number of hydrogen-bond acceptors (Lipinski definition) is 11. The van der Waals surface area contributed by atoms with E-state index in [-0.39, 0.29) is 26.3 Å². The van der Waals surface area contributed by atoms with Gasteiger partial charge in [0.2, 0.25) is 11.6 Å². The summed E-state index contributed by atoms with van der Waals surface area (Å²) in [5, 5.41) is 18.6. The van der Waals surface area contributed by atoms with Crippen LogP contribution in [0.5, 0.6) is 0 Å². The van der Waals surface area contributed by atoms with E-state index in [1.54, 1.807) is 36.4 Å². The van der Waals surface area contributed by atoms with E-state index >= 15 is 0 Å². The number of aliphatic hydroxyl groups is 1. The standard InChI is InChI=1S/C32H39N5O10/c33-32(29(40)44-19-21-9-3-1-4-10-21)14-15-37(30(41)36-32)28-27(47-25-13-7-8-16-43-25)26(39)23(46-28)17-34-24(38)18-35-31(42)45-20-22-11-5-2-6-12-22/h1-6,9-12,14-15,23,25-28,39H,7-8,13,16-20,33H2,(H,34,38)(H,35,42)(H,36,41)/t23-,25?,26-,27-,28-,32?/m1/s1. The molecule has 2 unspecified atom stereocenters. The van der Waals surface area contributed by atoms with E-state index in [1.807, 2.05) is 24.3 Å². The molecule has 15 heteroatoms. The molecule has 3 aliphatic heterocycles. The summed E-state index contributed by atoms with van der Waals surface area (Å²) in [5.74, 6) is -1.44. The van der Waals surface area contributed by atoms with Crippen LogP contribution in [-0.2, 0) is 46.5 Å². The molecule has 0 bridgehead atoms. The Hall–Kier alpha value is -4.54. The zero-order valence-corrected chi connectivity index (χ0v) is 25.6. The molecule has 4 amide bonds. The maximum Gasteiger partial charge on any atom is 0.407 e. The highest BCUT2D eigenvalue weighted by molar-refractivity contribution is 5.90. The van der Waals surface area contributed by atoms with Crippen molar-refractivity contribution in [1.29, 1.82) is 0 Å². The number of aliphatic hydroxyl groups excluding tert-OH is 1. The highest BCUT2D eigenvalue weighted by Crippen LogP contribution is 2.31. The van der Waals surface area contributed by atoms with E-state index in [0.29, 0.717) is 13.0 Å². The average Bonchev–Trinajstić information content (AvgIpc) is 3.39. The van der Waals surface area contributed by atoms with Gasteiger partial charge in [-0.3, -0.25) is 15.4 Å². The zero-order chi connectivity index (χ0) is 33.2. The van der Waals surface area contributed by atoms with Crippen molar-refractivity contribution in [2.24, 2.45) is 5.73 Å². The van der Waals surface area contributed by atoms with Gasteiger partial charge >= 0.3 is 18.1 Å². The quantitative estimate of drug-likeness (QED) is 0.205. The molecule has 3 aliphatic rings. The first-order valence-electron chi connectivity index (χ1n) is 15.3. The number of benzene rings is 2. The minimum Gasteiger partial charge on any atom is -0.458 e. The smallest absolute Gasteiger partial charge is 0.407 e. The summed E-state index contributed by atoms with van der Waals surface area (Å²) in [6, 6.07) is 17.3. The van der Waals surface area contributed by atoms with Crippen molar-refractivity contribution in [2.45, 2.75) is 69.0 Å². The predicted octanol–water partition coefficient (Wildman–Crippen LogP) is 0.964. The number of amides is 4. The van der Waals surface area contributed by atoms with Crippen LogP contribution >= 0.6 is 0 Å². The molecule has 0 radical (unpaired) electrons. The first-order chi connectivity index (χ1) is 22.7. The van der Waals surface area contributed by atoms with Crippen LogP contribution in [-0.4, -0.2) is 90.2 Å². The lowest BCUT2D eigenvalue weighted by Crippen LogP contribution is -2.66. The predicted molar refractivity (Wildman–Crippen MR) is 163 cm³/mol. The molecule has 15 nitrogen and oxygen atoms in total. The van der Waals surface area contributed by atoms with Gasteiger partial charge in [0.1, 0.15) is 31.5 Å². The van der Waals surface area contributed by atoms with Gasteiger partial charge in [-0.2, -0.15) is 0 Å². The Balaban J connectivity index is 1.17. The fourth-order valence-corrected chi connectivity index (χ4v) is 5.17. The summed E-state index contributed by atoms with van der Waals surface area (Å²) in [5.41, 5.74) is 5.77. The fraction of sp³-hybridized carbons (Fsp3) is 0.438. The molecule has 0 spiro atoms. The van der Waals surface area contributed by atoms with Gasteiger partial charge < -0.3 is 44.7 Å². The molecule has 47 heavy (non-hydrogen) atoms. The van der Waals surface area contributed by atoms with Gasteiger partial charge in [0, 0.05) is 19.4 Å². The first-order valence-corrected chi connectivity index (χ1v) is 15.3. The highest BCUT2D eigenvalue weighted by Gasteiger charge is 2.51.